The Bertz CT molecular complexity index is 1180. The van der Waals surface area contributed by atoms with Gasteiger partial charge in [0.15, 0.2) is 0 Å². The van der Waals surface area contributed by atoms with E-state index >= 15 is 0 Å². The molecule has 0 atom stereocenters. The van der Waals surface area contributed by atoms with Gasteiger partial charge in [0.2, 0.25) is 5.82 Å². The lowest BCUT2D eigenvalue weighted by Crippen LogP contribution is -2.41. The molecule has 31 heavy (non-hydrogen) atoms. The summed E-state index contributed by atoms with van der Waals surface area (Å²) in [5, 5.41) is 14.8. The number of hydrogen-bond acceptors (Lipinski definition) is 7. The first-order valence-electron chi connectivity index (χ1n) is 10.1. The average Bonchev–Trinajstić information content (AvgIpc) is 2.78. The van der Waals surface area contributed by atoms with Gasteiger partial charge >= 0.3 is 11.2 Å². The Kier molecular flexibility index (Phi) is 5.60. The van der Waals surface area contributed by atoms with Gasteiger partial charge in [-0.15, -0.1) is 0 Å². The zero-order chi connectivity index (χ0) is 22.0. The van der Waals surface area contributed by atoms with Gasteiger partial charge < -0.3 is 14.8 Å². The van der Waals surface area contributed by atoms with Crippen molar-refractivity contribution in [3.8, 4) is 5.75 Å². The molecule has 162 valence electrons. The second-order valence-corrected chi connectivity index (χ2v) is 7.75. The maximum absolute atomic E-state index is 12.7. The fourth-order valence-corrected chi connectivity index (χ4v) is 4.16. The molecule has 0 amide bonds. The lowest BCUT2D eigenvalue weighted by molar-refractivity contribution is -0.385. The largest absolute Gasteiger partial charge is 0.496 e. The molecule has 0 radical (unpaired) electrons. The standard InChI is InChI=1S/C22H24N4O5/c1-15-6-7-17(30-2)16(13-15)22(8-11-31-12-9-22)14-23-20-19(26(28)29)21(27)25-10-4-3-5-18(25)24-20/h3-7,10,13,23H,8-9,11-12,14H2,1-2H3. The monoisotopic (exact) mass is 424 g/mol. The molecule has 1 aliphatic heterocycles. The van der Waals surface area contributed by atoms with Gasteiger partial charge in [0, 0.05) is 36.9 Å². The molecule has 0 aliphatic carbocycles. The number of rotatable bonds is 6. The van der Waals surface area contributed by atoms with E-state index in [1.165, 1.54) is 10.6 Å². The third kappa shape index (κ3) is 3.84. The van der Waals surface area contributed by atoms with Crippen molar-refractivity contribution in [1.29, 1.82) is 0 Å². The van der Waals surface area contributed by atoms with Crippen LogP contribution in [-0.2, 0) is 10.2 Å². The van der Waals surface area contributed by atoms with Crippen LogP contribution in [0.15, 0.2) is 47.4 Å². The lowest BCUT2D eigenvalue weighted by atomic mass is 9.73. The van der Waals surface area contributed by atoms with Gasteiger partial charge in [-0.25, -0.2) is 4.98 Å². The number of ether oxygens (including phenoxy) is 2. The van der Waals surface area contributed by atoms with Gasteiger partial charge in [-0.3, -0.25) is 19.3 Å². The van der Waals surface area contributed by atoms with E-state index in [0.29, 0.717) is 38.2 Å². The van der Waals surface area contributed by atoms with Gasteiger partial charge in [-0.05, 0) is 38.0 Å². The Morgan fingerprint density at radius 1 is 1.29 bits per heavy atom. The van der Waals surface area contributed by atoms with E-state index in [1.54, 1.807) is 25.3 Å². The van der Waals surface area contributed by atoms with Gasteiger partial charge in [0.1, 0.15) is 11.4 Å². The number of nitrogens with one attached hydrogen (secondary N) is 1. The number of fused-ring (bicyclic) bond motifs is 1. The van der Waals surface area contributed by atoms with Crippen molar-refractivity contribution in [3.63, 3.8) is 0 Å². The average molecular weight is 424 g/mol. The van der Waals surface area contributed by atoms with Gasteiger partial charge in [0.05, 0.1) is 12.0 Å². The Morgan fingerprint density at radius 2 is 2.06 bits per heavy atom. The van der Waals surface area contributed by atoms with Gasteiger partial charge in [0.25, 0.3) is 0 Å². The summed E-state index contributed by atoms with van der Waals surface area (Å²) in [4.78, 5) is 28.1. The van der Waals surface area contributed by atoms with E-state index in [2.05, 4.69) is 16.4 Å². The molecule has 9 nitrogen and oxygen atoms in total. The fourth-order valence-electron chi connectivity index (χ4n) is 4.16. The molecular formula is C22H24N4O5. The first kappa shape index (κ1) is 20.8. The van der Waals surface area contributed by atoms with E-state index in [1.807, 2.05) is 19.1 Å². The van der Waals surface area contributed by atoms with Crippen LogP contribution in [0.25, 0.3) is 5.65 Å². The Morgan fingerprint density at radius 3 is 2.77 bits per heavy atom. The highest BCUT2D eigenvalue weighted by atomic mass is 16.6. The molecule has 1 aliphatic rings. The van der Waals surface area contributed by atoms with Crippen LogP contribution in [0.4, 0.5) is 11.5 Å². The summed E-state index contributed by atoms with van der Waals surface area (Å²) in [6, 6.07) is 11.0. The molecule has 0 saturated carbocycles. The summed E-state index contributed by atoms with van der Waals surface area (Å²) < 4.78 is 12.4. The Hall–Kier alpha value is -3.46. The first-order chi connectivity index (χ1) is 14.9. The molecule has 2 aromatic heterocycles. The highest BCUT2D eigenvalue weighted by molar-refractivity contribution is 5.60. The van der Waals surface area contributed by atoms with Crippen LogP contribution in [0.2, 0.25) is 0 Å². The minimum absolute atomic E-state index is 0.0290. The van der Waals surface area contributed by atoms with E-state index in [0.717, 1.165) is 16.9 Å². The van der Waals surface area contributed by atoms with Crippen molar-refractivity contribution < 1.29 is 14.4 Å². The van der Waals surface area contributed by atoms with Crippen LogP contribution in [0, 0.1) is 17.0 Å². The van der Waals surface area contributed by atoms with Gasteiger partial charge in [-0.2, -0.15) is 0 Å². The molecule has 9 heteroatoms. The summed E-state index contributed by atoms with van der Waals surface area (Å²) in [6.07, 6.45) is 2.89. The molecule has 4 rings (SSSR count). The van der Waals surface area contributed by atoms with Crippen LogP contribution in [0.5, 0.6) is 5.75 Å². The number of nitrogens with zero attached hydrogens (tertiary/aromatic N) is 3. The first-order valence-corrected chi connectivity index (χ1v) is 10.1. The minimum atomic E-state index is -0.715. The summed E-state index contributed by atoms with van der Waals surface area (Å²) in [6.45, 7) is 3.50. The van der Waals surface area contributed by atoms with Crippen molar-refractivity contribution in [2.75, 3.05) is 32.2 Å². The number of pyridine rings is 1. The summed E-state index contributed by atoms with van der Waals surface area (Å²) in [5.41, 5.74) is 0.789. The molecule has 3 aromatic rings. The zero-order valence-electron chi connectivity index (χ0n) is 17.5. The Labute approximate surface area is 178 Å². The third-order valence-electron chi connectivity index (χ3n) is 5.86. The van der Waals surface area contributed by atoms with Crippen molar-refractivity contribution in [3.05, 3.63) is 74.2 Å². The quantitative estimate of drug-likeness (QED) is 0.478. The number of aromatic nitrogens is 2. The normalized spacial score (nSPS) is 15.5. The maximum atomic E-state index is 12.7. The number of anilines is 1. The van der Waals surface area contributed by atoms with Crippen molar-refractivity contribution in [1.82, 2.24) is 9.38 Å². The lowest BCUT2D eigenvalue weighted by Gasteiger charge is -2.39. The second kappa shape index (κ2) is 8.35. The number of nitro groups is 1. The van der Waals surface area contributed by atoms with Crippen molar-refractivity contribution >= 4 is 17.2 Å². The van der Waals surface area contributed by atoms with E-state index in [4.69, 9.17) is 9.47 Å². The van der Waals surface area contributed by atoms with E-state index in [-0.39, 0.29) is 11.2 Å². The second-order valence-electron chi connectivity index (χ2n) is 7.75. The maximum Gasteiger partial charge on any atom is 0.376 e. The molecule has 1 fully saturated rings. The topological polar surface area (TPSA) is 108 Å². The smallest absolute Gasteiger partial charge is 0.376 e. The number of hydrogen-bond donors (Lipinski definition) is 1. The zero-order valence-corrected chi connectivity index (χ0v) is 17.5. The molecule has 0 unspecified atom stereocenters. The van der Waals surface area contributed by atoms with Crippen LogP contribution in [0.1, 0.15) is 24.0 Å². The number of methoxy groups -OCH3 is 1. The predicted molar refractivity (Wildman–Crippen MR) is 116 cm³/mol. The Balaban J connectivity index is 1.78. The number of benzene rings is 1. The van der Waals surface area contributed by atoms with Crippen LogP contribution < -0.4 is 15.6 Å². The van der Waals surface area contributed by atoms with Crippen molar-refractivity contribution in [2.24, 2.45) is 0 Å². The molecule has 3 heterocycles. The van der Waals surface area contributed by atoms with Crippen molar-refractivity contribution in [2.45, 2.75) is 25.2 Å². The molecule has 1 N–H and O–H groups in total. The molecular weight excluding hydrogens is 400 g/mol. The van der Waals surface area contributed by atoms with E-state index in [9.17, 15) is 14.9 Å². The molecule has 1 saturated heterocycles. The summed E-state index contributed by atoms with van der Waals surface area (Å²) in [7, 11) is 1.63. The summed E-state index contributed by atoms with van der Waals surface area (Å²) in [5.74, 6) is 0.731. The van der Waals surface area contributed by atoms with Crippen LogP contribution >= 0.6 is 0 Å². The highest BCUT2D eigenvalue weighted by Crippen LogP contribution is 2.40. The van der Waals surface area contributed by atoms with E-state index < -0.39 is 16.2 Å². The summed E-state index contributed by atoms with van der Waals surface area (Å²) >= 11 is 0. The van der Waals surface area contributed by atoms with Gasteiger partial charge in [-0.1, -0.05) is 23.8 Å². The molecule has 0 spiro atoms. The van der Waals surface area contributed by atoms with Crippen LogP contribution in [0.3, 0.4) is 0 Å². The molecule has 0 bridgehead atoms. The predicted octanol–water partition coefficient (Wildman–Crippen LogP) is 3.08. The third-order valence-corrected chi connectivity index (χ3v) is 5.86. The number of aryl methyl sites for hydroxylation is 1. The highest BCUT2D eigenvalue weighted by Gasteiger charge is 2.38. The minimum Gasteiger partial charge on any atom is -0.496 e. The fraction of sp³-hybridized carbons (Fsp3) is 0.364. The van der Waals surface area contributed by atoms with Crippen LogP contribution in [-0.4, -0.2) is 41.2 Å². The SMILES string of the molecule is COc1ccc(C)cc1C1(CNc2nc3ccccn3c(=O)c2[N+](=O)[O-])CCOCC1. The molecule has 1 aromatic carbocycles.